The average molecular weight is 253 g/mol. The lowest BCUT2D eigenvalue weighted by atomic mass is 10.0. The van der Waals surface area contributed by atoms with Crippen LogP contribution in [0.25, 0.3) is 0 Å². The Labute approximate surface area is 109 Å². The monoisotopic (exact) mass is 252 g/mol. The standard InChI is InChI=1S/C14H21ClN2/c1-2-16-14-4-3-9-17(11-14)10-12-5-7-13(15)8-6-12/h5-8,14,16H,2-4,9-11H2,1H3. The lowest BCUT2D eigenvalue weighted by molar-refractivity contribution is 0.184. The predicted molar refractivity (Wildman–Crippen MR) is 73.4 cm³/mol. The number of piperidine rings is 1. The van der Waals surface area contributed by atoms with Crippen LogP contribution < -0.4 is 5.32 Å². The zero-order valence-electron chi connectivity index (χ0n) is 10.5. The van der Waals surface area contributed by atoms with Crippen molar-refractivity contribution in [3.05, 3.63) is 34.9 Å². The maximum Gasteiger partial charge on any atom is 0.0406 e. The summed E-state index contributed by atoms with van der Waals surface area (Å²) in [6.07, 6.45) is 2.61. The van der Waals surface area contributed by atoms with E-state index in [4.69, 9.17) is 11.6 Å². The number of benzene rings is 1. The fourth-order valence-corrected chi connectivity index (χ4v) is 2.63. The molecular weight excluding hydrogens is 232 g/mol. The molecule has 3 heteroatoms. The summed E-state index contributed by atoms with van der Waals surface area (Å²) >= 11 is 5.90. The number of nitrogens with one attached hydrogen (secondary N) is 1. The molecule has 1 aliphatic heterocycles. The van der Waals surface area contributed by atoms with E-state index < -0.39 is 0 Å². The van der Waals surface area contributed by atoms with Gasteiger partial charge in [-0.05, 0) is 43.6 Å². The minimum absolute atomic E-state index is 0.668. The van der Waals surface area contributed by atoms with Crippen molar-refractivity contribution in [2.75, 3.05) is 19.6 Å². The highest BCUT2D eigenvalue weighted by Gasteiger charge is 2.18. The molecular formula is C14H21ClN2. The second kappa shape index (κ2) is 6.39. The van der Waals surface area contributed by atoms with Crippen molar-refractivity contribution < 1.29 is 0 Å². The third-order valence-electron chi connectivity index (χ3n) is 3.32. The molecule has 2 nitrogen and oxygen atoms in total. The molecule has 0 bridgehead atoms. The zero-order chi connectivity index (χ0) is 12.1. The topological polar surface area (TPSA) is 15.3 Å². The highest BCUT2D eigenvalue weighted by atomic mass is 35.5. The molecule has 1 aliphatic rings. The van der Waals surface area contributed by atoms with E-state index >= 15 is 0 Å². The number of likely N-dealkylation sites (tertiary alicyclic amines) is 1. The van der Waals surface area contributed by atoms with E-state index in [9.17, 15) is 0 Å². The Kier molecular flexibility index (Phi) is 4.84. The first kappa shape index (κ1) is 12.9. The van der Waals surface area contributed by atoms with E-state index in [1.807, 2.05) is 12.1 Å². The average Bonchev–Trinajstić information content (AvgIpc) is 2.33. The van der Waals surface area contributed by atoms with Crippen LogP contribution in [0.15, 0.2) is 24.3 Å². The van der Waals surface area contributed by atoms with Gasteiger partial charge in [-0.25, -0.2) is 0 Å². The van der Waals surface area contributed by atoms with Gasteiger partial charge < -0.3 is 5.32 Å². The minimum atomic E-state index is 0.668. The highest BCUT2D eigenvalue weighted by Crippen LogP contribution is 2.15. The van der Waals surface area contributed by atoms with E-state index in [1.165, 1.54) is 24.9 Å². The van der Waals surface area contributed by atoms with Gasteiger partial charge >= 0.3 is 0 Å². The first-order chi connectivity index (χ1) is 8.28. The Morgan fingerprint density at radius 3 is 2.82 bits per heavy atom. The second-order valence-corrected chi connectivity index (χ2v) is 5.19. The summed E-state index contributed by atoms with van der Waals surface area (Å²) in [4.78, 5) is 2.53. The number of halogens is 1. The van der Waals surface area contributed by atoms with Crippen LogP contribution in [0.3, 0.4) is 0 Å². The lowest BCUT2D eigenvalue weighted by Crippen LogP contribution is -2.45. The Morgan fingerprint density at radius 1 is 1.35 bits per heavy atom. The summed E-state index contributed by atoms with van der Waals surface area (Å²) in [6, 6.07) is 8.87. The van der Waals surface area contributed by atoms with E-state index in [1.54, 1.807) is 0 Å². The molecule has 1 saturated heterocycles. The first-order valence-electron chi connectivity index (χ1n) is 6.48. The molecule has 1 N–H and O–H groups in total. The number of rotatable bonds is 4. The molecule has 17 heavy (non-hydrogen) atoms. The van der Waals surface area contributed by atoms with Crippen molar-refractivity contribution in [2.24, 2.45) is 0 Å². The van der Waals surface area contributed by atoms with Gasteiger partial charge in [0.1, 0.15) is 0 Å². The van der Waals surface area contributed by atoms with Gasteiger partial charge in [-0.15, -0.1) is 0 Å². The summed E-state index contributed by atoms with van der Waals surface area (Å²) in [5.74, 6) is 0. The van der Waals surface area contributed by atoms with Crippen LogP contribution >= 0.6 is 11.6 Å². The van der Waals surface area contributed by atoms with E-state index in [2.05, 4.69) is 29.3 Å². The quantitative estimate of drug-likeness (QED) is 0.887. The van der Waals surface area contributed by atoms with Crippen molar-refractivity contribution >= 4 is 11.6 Å². The maximum atomic E-state index is 5.90. The molecule has 2 rings (SSSR count). The van der Waals surface area contributed by atoms with Crippen molar-refractivity contribution in [3.63, 3.8) is 0 Å². The van der Waals surface area contributed by atoms with Gasteiger partial charge in [-0.3, -0.25) is 4.90 Å². The normalized spacial score (nSPS) is 21.6. The van der Waals surface area contributed by atoms with Crippen LogP contribution in [0.5, 0.6) is 0 Å². The molecule has 0 saturated carbocycles. The van der Waals surface area contributed by atoms with Gasteiger partial charge in [0, 0.05) is 24.2 Å². The van der Waals surface area contributed by atoms with Gasteiger partial charge in [-0.1, -0.05) is 30.7 Å². The van der Waals surface area contributed by atoms with Crippen molar-refractivity contribution in [3.8, 4) is 0 Å². The van der Waals surface area contributed by atoms with Crippen LogP contribution in [0.2, 0.25) is 5.02 Å². The largest absolute Gasteiger partial charge is 0.313 e. The predicted octanol–water partition coefficient (Wildman–Crippen LogP) is 2.91. The van der Waals surface area contributed by atoms with E-state index in [-0.39, 0.29) is 0 Å². The van der Waals surface area contributed by atoms with Crippen LogP contribution in [-0.4, -0.2) is 30.6 Å². The summed E-state index contributed by atoms with van der Waals surface area (Å²) < 4.78 is 0. The Hall–Kier alpha value is -0.570. The molecule has 1 atom stereocenters. The molecule has 0 amide bonds. The summed E-state index contributed by atoms with van der Waals surface area (Å²) in [5.41, 5.74) is 1.35. The molecule has 0 aromatic heterocycles. The SMILES string of the molecule is CCNC1CCCN(Cc2ccc(Cl)cc2)C1. The fourth-order valence-electron chi connectivity index (χ4n) is 2.50. The molecule has 0 spiro atoms. The molecule has 1 unspecified atom stereocenters. The second-order valence-electron chi connectivity index (χ2n) is 4.76. The smallest absolute Gasteiger partial charge is 0.0406 e. The molecule has 1 fully saturated rings. The van der Waals surface area contributed by atoms with Crippen LogP contribution in [0.4, 0.5) is 0 Å². The summed E-state index contributed by atoms with van der Waals surface area (Å²) in [5, 5.41) is 4.36. The van der Waals surface area contributed by atoms with E-state index in [0.29, 0.717) is 6.04 Å². The molecule has 94 valence electrons. The third kappa shape index (κ3) is 3.98. The van der Waals surface area contributed by atoms with Gasteiger partial charge in [0.25, 0.3) is 0 Å². The minimum Gasteiger partial charge on any atom is -0.313 e. The van der Waals surface area contributed by atoms with Gasteiger partial charge in [0.15, 0.2) is 0 Å². The van der Waals surface area contributed by atoms with Crippen LogP contribution in [0.1, 0.15) is 25.3 Å². The third-order valence-corrected chi connectivity index (χ3v) is 3.57. The molecule has 1 heterocycles. The van der Waals surface area contributed by atoms with Crippen molar-refractivity contribution in [1.29, 1.82) is 0 Å². The van der Waals surface area contributed by atoms with Crippen LogP contribution in [0, 0.1) is 0 Å². The van der Waals surface area contributed by atoms with Gasteiger partial charge in [0.05, 0.1) is 0 Å². The Morgan fingerprint density at radius 2 is 2.12 bits per heavy atom. The van der Waals surface area contributed by atoms with Crippen molar-refractivity contribution in [1.82, 2.24) is 10.2 Å². The van der Waals surface area contributed by atoms with Gasteiger partial charge in [-0.2, -0.15) is 0 Å². The van der Waals surface area contributed by atoms with E-state index in [0.717, 1.165) is 24.7 Å². The number of hydrogen-bond donors (Lipinski definition) is 1. The highest BCUT2D eigenvalue weighted by molar-refractivity contribution is 6.30. The molecule has 0 aliphatic carbocycles. The molecule has 1 aromatic carbocycles. The van der Waals surface area contributed by atoms with Crippen molar-refractivity contribution in [2.45, 2.75) is 32.4 Å². The molecule has 1 aromatic rings. The number of likely N-dealkylation sites (N-methyl/N-ethyl adjacent to an activating group) is 1. The molecule has 0 radical (unpaired) electrons. The fraction of sp³-hybridized carbons (Fsp3) is 0.571. The first-order valence-corrected chi connectivity index (χ1v) is 6.86. The summed E-state index contributed by atoms with van der Waals surface area (Å²) in [7, 11) is 0. The maximum absolute atomic E-state index is 5.90. The Bertz CT molecular complexity index is 335. The van der Waals surface area contributed by atoms with Crippen LogP contribution in [-0.2, 0) is 6.54 Å². The van der Waals surface area contributed by atoms with Gasteiger partial charge in [0.2, 0.25) is 0 Å². The zero-order valence-corrected chi connectivity index (χ0v) is 11.2. The lowest BCUT2D eigenvalue weighted by Gasteiger charge is -2.33. The number of nitrogens with zero attached hydrogens (tertiary/aromatic N) is 1. The number of hydrogen-bond acceptors (Lipinski definition) is 2. The Balaban J connectivity index is 1.87. The summed E-state index contributed by atoms with van der Waals surface area (Å²) in [6.45, 7) is 6.66.